The summed E-state index contributed by atoms with van der Waals surface area (Å²) in [5.41, 5.74) is 3.31. The normalized spacial score (nSPS) is 13.7. The lowest BCUT2D eigenvalue weighted by atomic mass is 10.1. The summed E-state index contributed by atoms with van der Waals surface area (Å²) in [5, 5.41) is 9.95. The standard InChI is InChI=1S/C21H20BrNO4/c1-12-6-16(26-11-20(24)25)9-18(22)21(12)27-15-4-5-19-17(8-15)14(10-23-19)7-13-2-3-13/h4-6,8-10,13,23H,2-3,7,11H2,1H3,(H,24,25). The van der Waals surface area contributed by atoms with Gasteiger partial charge in [-0.1, -0.05) is 0 Å². The number of ether oxygens (including phenoxy) is 2. The molecule has 1 aliphatic rings. The van der Waals surface area contributed by atoms with Gasteiger partial charge in [0.05, 0.1) is 4.47 Å². The number of aromatic nitrogens is 1. The van der Waals surface area contributed by atoms with E-state index in [2.05, 4.69) is 33.2 Å². The van der Waals surface area contributed by atoms with E-state index in [0.717, 1.165) is 33.6 Å². The highest BCUT2D eigenvalue weighted by atomic mass is 79.9. The first-order chi connectivity index (χ1) is 13.0. The van der Waals surface area contributed by atoms with E-state index in [-0.39, 0.29) is 6.61 Å². The van der Waals surface area contributed by atoms with Crippen LogP contribution < -0.4 is 9.47 Å². The maximum absolute atomic E-state index is 10.7. The van der Waals surface area contributed by atoms with E-state index in [0.29, 0.717) is 11.5 Å². The summed E-state index contributed by atoms with van der Waals surface area (Å²) in [6.45, 7) is 1.53. The van der Waals surface area contributed by atoms with Crippen molar-refractivity contribution >= 4 is 32.8 Å². The number of halogens is 1. The molecule has 0 saturated heterocycles. The minimum Gasteiger partial charge on any atom is -0.482 e. The smallest absolute Gasteiger partial charge is 0.341 e. The van der Waals surface area contributed by atoms with Crippen LogP contribution in [0, 0.1) is 12.8 Å². The van der Waals surface area contributed by atoms with Gasteiger partial charge in [-0.05, 0) is 89.5 Å². The molecule has 1 fully saturated rings. The predicted octanol–water partition coefficient (Wildman–Crippen LogP) is 5.45. The van der Waals surface area contributed by atoms with Crippen molar-refractivity contribution < 1.29 is 19.4 Å². The van der Waals surface area contributed by atoms with Gasteiger partial charge in [0.1, 0.15) is 17.2 Å². The summed E-state index contributed by atoms with van der Waals surface area (Å²) in [5.74, 6) is 1.76. The second-order valence-corrected chi connectivity index (χ2v) is 7.86. The maximum atomic E-state index is 10.7. The zero-order valence-corrected chi connectivity index (χ0v) is 16.5. The van der Waals surface area contributed by atoms with Crippen molar-refractivity contribution in [3.05, 3.63) is 52.1 Å². The van der Waals surface area contributed by atoms with Crippen LogP contribution in [-0.4, -0.2) is 22.7 Å². The third-order valence-electron chi connectivity index (χ3n) is 4.73. The topological polar surface area (TPSA) is 71.6 Å². The Morgan fingerprint density at radius 1 is 1.26 bits per heavy atom. The highest BCUT2D eigenvalue weighted by Crippen LogP contribution is 2.38. The third kappa shape index (κ3) is 4.11. The van der Waals surface area contributed by atoms with Crippen LogP contribution in [0.25, 0.3) is 10.9 Å². The molecule has 5 nitrogen and oxygen atoms in total. The first-order valence-corrected chi connectivity index (χ1v) is 9.71. The third-order valence-corrected chi connectivity index (χ3v) is 5.32. The molecule has 0 aliphatic heterocycles. The summed E-state index contributed by atoms with van der Waals surface area (Å²) in [4.78, 5) is 14.0. The molecule has 4 rings (SSSR count). The highest BCUT2D eigenvalue weighted by Gasteiger charge is 2.23. The van der Waals surface area contributed by atoms with Crippen molar-refractivity contribution in [2.24, 2.45) is 5.92 Å². The Balaban J connectivity index is 1.58. The summed E-state index contributed by atoms with van der Waals surface area (Å²) >= 11 is 3.50. The van der Waals surface area contributed by atoms with Crippen molar-refractivity contribution in [3.63, 3.8) is 0 Å². The number of hydrogen-bond donors (Lipinski definition) is 2. The minimum absolute atomic E-state index is 0.375. The molecule has 1 aliphatic carbocycles. The fourth-order valence-electron chi connectivity index (χ4n) is 3.20. The Bertz CT molecular complexity index is 984. The van der Waals surface area contributed by atoms with Gasteiger partial charge in [-0.25, -0.2) is 4.79 Å². The van der Waals surface area contributed by atoms with Crippen molar-refractivity contribution in [2.45, 2.75) is 26.2 Å². The van der Waals surface area contributed by atoms with Crippen LogP contribution in [-0.2, 0) is 11.2 Å². The number of hydrogen-bond acceptors (Lipinski definition) is 3. The number of carboxylic acid groups (broad SMARTS) is 1. The van der Waals surface area contributed by atoms with Crippen LogP contribution in [0.5, 0.6) is 17.2 Å². The molecule has 140 valence electrons. The average molecular weight is 430 g/mol. The van der Waals surface area contributed by atoms with E-state index >= 15 is 0 Å². The first-order valence-electron chi connectivity index (χ1n) is 8.92. The molecule has 2 aromatic carbocycles. The van der Waals surface area contributed by atoms with Crippen LogP contribution >= 0.6 is 15.9 Å². The molecule has 6 heteroatoms. The van der Waals surface area contributed by atoms with Gasteiger partial charge in [0, 0.05) is 17.1 Å². The zero-order valence-electron chi connectivity index (χ0n) is 14.9. The molecule has 0 bridgehead atoms. The Hall–Kier alpha value is -2.47. The molecule has 1 heterocycles. The lowest BCUT2D eigenvalue weighted by Crippen LogP contribution is -2.09. The number of aliphatic carboxylic acids is 1. The van der Waals surface area contributed by atoms with Gasteiger partial charge in [-0.2, -0.15) is 0 Å². The average Bonchev–Trinajstić information content (AvgIpc) is 3.36. The molecule has 1 saturated carbocycles. The lowest BCUT2D eigenvalue weighted by Gasteiger charge is -2.13. The molecule has 0 atom stereocenters. The lowest BCUT2D eigenvalue weighted by molar-refractivity contribution is -0.139. The maximum Gasteiger partial charge on any atom is 0.341 e. The fourth-order valence-corrected chi connectivity index (χ4v) is 3.82. The molecule has 0 unspecified atom stereocenters. The molecule has 27 heavy (non-hydrogen) atoms. The van der Waals surface area contributed by atoms with Crippen LogP contribution in [0.2, 0.25) is 0 Å². The fraction of sp³-hybridized carbons (Fsp3) is 0.286. The highest BCUT2D eigenvalue weighted by molar-refractivity contribution is 9.10. The largest absolute Gasteiger partial charge is 0.482 e. The van der Waals surface area contributed by atoms with Crippen molar-refractivity contribution in [1.29, 1.82) is 0 Å². The molecule has 3 aromatic rings. The van der Waals surface area contributed by atoms with E-state index in [4.69, 9.17) is 14.6 Å². The van der Waals surface area contributed by atoms with Crippen LogP contribution in [0.15, 0.2) is 41.0 Å². The van der Waals surface area contributed by atoms with Crippen molar-refractivity contribution in [1.82, 2.24) is 4.98 Å². The predicted molar refractivity (Wildman–Crippen MR) is 107 cm³/mol. The van der Waals surface area contributed by atoms with E-state index in [1.165, 1.54) is 23.8 Å². The quantitative estimate of drug-likeness (QED) is 0.523. The Labute approximate surface area is 165 Å². The van der Waals surface area contributed by atoms with Gasteiger partial charge in [0.25, 0.3) is 0 Å². The van der Waals surface area contributed by atoms with Crippen molar-refractivity contribution in [3.8, 4) is 17.2 Å². The summed E-state index contributed by atoms with van der Waals surface area (Å²) in [6, 6.07) is 9.55. The number of carbonyl (C=O) groups is 1. The number of aromatic amines is 1. The van der Waals surface area contributed by atoms with Gasteiger partial charge >= 0.3 is 5.97 Å². The molecule has 0 spiro atoms. The Morgan fingerprint density at radius 3 is 2.78 bits per heavy atom. The van der Waals surface area contributed by atoms with E-state index in [9.17, 15) is 4.79 Å². The number of H-pyrrole nitrogens is 1. The van der Waals surface area contributed by atoms with Crippen molar-refractivity contribution in [2.75, 3.05) is 6.61 Å². The number of rotatable bonds is 7. The molecule has 1 aromatic heterocycles. The SMILES string of the molecule is Cc1cc(OCC(=O)O)cc(Br)c1Oc1ccc2[nH]cc(CC3CC3)c2c1. The number of benzene rings is 2. The molecule has 2 N–H and O–H groups in total. The van der Waals surface area contributed by atoms with E-state index in [1.54, 1.807) is 12.1 Å². The summed E-state index contributed by atoms with van der Waals surface area (Å²) < 4.78 is 12.1. The number of carboxylic acids is 1. The Morgan fingerprint density at radius 2 is 2.07 bits per heavy atom. The molecule has 0 amide bonds. The van der Waals surface area contributed by atoms with E-state index < -0.39 is 5.97 Å². The van der Waals surface area contributed by atoms with E-state index in [1.807, 2.05) is 19.1 Å². The molecular formula is C21H20BrNO4. The molecule has 0 radical (unpaired) electrons. The van der Waals surface area contributed by atoms with Gasteiger partial charge in [-0.3, -0.25) is 0 Å². The first kappa shape index (κ1) is 17.9. The van der Waals surface area contributed by atoms with Crippen LogP contribution in [0.1, 0.15) is 24.0 Å². The van der Waals surface area contributed by atoms with Crippen LogP contribution in [0.3, 0.4) is 0 Å². The van der Waals surface area contributed by atoms with Gasteiger partial charge in [0.2, 0.25) is 0 Å². The monoisotopic (exact) mass is 429 g/mol. The number of fused-ring (bicyclic) bond motifs is 1. The van der Waals surface area contributed by atoms with Gasteiger partial charge in [0.15, 0.2) is 6.61 Å². The van der Waals surface area contributed by atoms with Crippen LogP contribution in [0.4, 0.5) is 0 Å². The second kappa shape index (κ2) is 7.27. The summed E-state index contributed by atoms with van der Waals surface area (Å²) in [7, 11) is 0. The second-order valence-electron chi connectivity index (χ2n) is 7.00. The Kier molecular flexibility index (Phi) is 4.83. The molecular weight excluding hydrogens is 410 g/mol. The number of aryl methyl sites for hydroxylation is 1. The van der Waals surface area contributed by atoms with Gasteiger partial charge in [-0.15, -0.1) is 0 Å². The minimum atomic E-state index is -1.01. The summed E-state index contributed by atoms with van der Waals surface area (Å²) in [6.07, 6.45) is 5.86. The van der Waals surface area contributed by atoms with Gasteiger partial charge < -0.3 is 19.6 Å². The number of nitrogens with one attached hydrogen (secondary N) is 1. The zero-order chi connectivity index (χ0) is 19.0.